The summed E-state index contributed by atoms with van der Waals surface area (Å²) in [6.45, 7) is 11.4. The summed E-state index contributed by atoms with van der Waals surface area (Å²) in [5, 5.41) is 3.54. The van der Waals surface area contributed by atoms with Crippen LogP contribution < -0.4 is 5.32 Å². The van der Waals surface area contributed by atoms with E-state index >= 15 is 0 Å². The van der Waals surface area contributed by atoms with Crippen molar-refractivity contribution in [2.75, 3.05) is 39.9 Å². The molecule has 1 aliphatic rings. The Kier molecular flexibility index (Phi) is 6.69. The van der Waals surface area contributed by atoms with Crippen LogP contribution in [0.15, 0.2) is 12.2 Å². The van der Waals surface area contributed by atoms with E-state index in [0.717, 1.165) is 32.7 Å². The van der Waals surface area contributed by atoms with Crippen LogP contribution in [-0.4, -0.2) is 50.8 Å². The Bertz CT molecular complexity index is 200. The molecule has 0 saturated carbocycles. The van der Waals surface area contributed by atoms with Gasteiger partial charge in [-0.1, -0.05) is 19.1 Å². The lowest BCUT2D eigenvalue weighted by molar-refractivity contribution is 0.147. The summed E-state index contributed by atoms with van der Waals surface area (Å²) in [5.74, 6) is 0. The van der Waals surface area contributed by atoms with Gasteiger partial charge in [0.2, 0.25) is 0 Å². The highest BCUT2D eigenvalue weighted by molar-refractivity contribution is 4.96. The van der Waals surface area contributed by atoms with E-state index in [1.165, 1.54) is 25.0 Å². The topological polar surface area (TPSA) is 24.5 Å². The molecule has 3 nitrogen and oxygen atoms in total. The first kappa shape index (κ1) is 13.7. The van der Waals surface area contributed by atoms with E-state index in [4.69, 9.17) is 4.74 Å². The predicted octanol–water partition coefficient (Wildman–Crippen LogP) is 1.65. The minimum Gasteiger partial charge on any atom is -0.383 e. The molecule has 94 valence electrons. The van der Waals surface area contributed by atoms with Crippen LogP contribution in [0.3, 0.4) is 0 Å². The molecule has 1 heterocycles. The van der Waals surface area contributed by atoms with Crippen molar-refractivity contribution in [1.82, 2.24) is 10.2 Å². The lowest BCUT2D eigenvalue weighted by Gasteiger charge is -2.26. The summed E-state index contributed by atoms with van der Waals surface area (Å²) in [4.78, 5) is 2.46. The van der Waals surface area contributed by atoms with Gasteiger partial charge < -0.3 is 10.1 Å². The van der Waals surface area contributed by atoms with Crippen molar-refractivity contribution in [3.63, 3.8) is 0 Å². The summed E-state index contributed by atoms with van der Waals surface area (Å²) in [5.41, 5.74) is 1.31. The van der Waals surface area contributed by atoms with Gasteiger partial charge >= 0.3 is 0 Å². The number of ether oxygens (including phenoxy) is 1. The second kappa shape index (κ2) is 7.82. The van der Waals surface area contributed by atoms with Crippen molar-refractivity contribution >= 4 is 0 Å². The molecule has 1 rings (SSSR count). The molecule has 0 aromatic rings. The quantitative estimate of drug-likeness (QED) is 0.637. The Hall–Kier alpha value is -0.380. The zero-order chi connectivity index (χ0) is 11.8. The Morgan fingerprint density at radius 2 is 2.38 bits per heavy atom. The highest BCUT2D eigenvalue weighted by Crippen LogP contribution is 2.09. The van der Waals surface area contributed by atoms with Crippen LogP contribution in [0.4, 0.5) is 0 Å². The van der Waals surface area contributed by atoms with Gasteiger partial charge in [0.05, 0.1) is 6.61 Å². The maximum absolute atomic E-state index is 5.16. The summed E-state index contributed by atoms with van der Waals surface area (Å²) in [7, 11) is 1.76. The predicted molar refractivity (Wildman–Crippen MR) is 68.8 cm³/mol. The Morgan fingerprint density at radius 1 is 1.56 bits per heavy atom. The molecule has 1 fully saturated rings. The highest BCUT2D eigenvalue weighted by Gasteiger charge is 2.17. The molecule has 16 heavy (non-hydrogen) atoms. The van der Waals surface area contributed by atoms with E-state index in [2.05, 4.69) is 23.7 Å². The van der Waals surface area contributed by atoms with Gasteiger partial charge in [-0.3, -0.25) is 4.90 Å². The normalized spacial score (nSPS) is 20.6. The highest BCUT2D eigenvalue weighted by atomic mass is 16.5. The third kappa shape index (κ3) is 5.10. The molecule has 0 aliphatic carbocycles. The third-order valence-electron chi connectivity index (χ3n) is 3.20. The second-order valence-electron chi connectivity index (χ2n) is 4.62. The fourth-order valence-corrected chi connectivity index (χ4v) is 2.11. The van der Waals surface area contributed by atoms with E-state index < -0.39 is 0 Å². The molecule has 0 amide bonds. The van der Waals surface area contributed by atoms with Crippen molar-refractivity contribution < 1.29 is 4.74 Å². The van der Waals surface area contributed by atoms with Gasteiger partial charge in [-0.05, 0) is 25.8 Å². The molecule has 1 saturated heterocycles. The van der Waals surface area contributed by atoms with Crippen molar-refractivity contribution in [2.45, 2.75) is 32.2 Å². The van der Waals surface area contributed by atoms with Crippen LogP contribution in [0.5, 0.6) is 0 Å². The fourth-order valence-electron chi connectivity index (χ4n) is 2.11. The molecule has 0 spiro atoms. The van der Waals surface area contributed by atoms with Crippen molar-refractivity contribution in [3.8, 4) is 0 Å². The number of nitrogens with one attached hydrogen (secondary N) is 1. The smallest absolute Gasteiger partial charge is 0.0589 e. The molecule has 3 heteroatoms. The molecular weight excluding hydrogens is 200 g/mol. The average Bonchev–Trinajstić information content (AvgIpc) is 2.78. The standard InChI is InChI=1S/C13H26N2O/c1-4-12(2)10-15(8-9-16-3)11-13-6-5-7-14-13/h13-14H,2,4-11H2,1,3H3. The number of methoxy groups -OCH3 is 1. The molecule has 1 aliphatic heterocycles. The van der Waals surface area contributed by atoms with Gasteiger partial charge in [-0.25, -0.2) is 0 Å². The zero-order valence-corrected chi connectivity index (χ0v) is 10.8. The van der Waals surface area contributed by atoms with Gasteiger partial charge in [0, 0.05) is 32.8 Å². The fraction of sp³-hybridized carbons (Fsp3) is 0.846. The first-order valence-electron chi connectivity index (χ1n) is 6.37. The first-order valence-corrected chi connectivity index (χ1v) is 6.37. The molecule has 0 aromatic heterocycles. The Morgan fingerprint density at radius 3 is 2.94 bits per heavy atom. The van der Waals surface area contributed by atoms with Crippen LogP contribution in [0, 0.1) is 0 Å². The molecular formula is C13H26N2O. The van der Waals surface area contributed by atoms with Gasteiger partial charge in [0.1, 0.15) is 0 Å². The van der Waals surface area contributed by atoms with Crippen LogP contribution in [0.25, 0.3) is 0 Å². The molecule has 1 N–H and O–H groups in total. The molecule has 1 unspecified atom stereocenters. The van der Waals surface area contributed by atoms with Crippen LogP contribution in [0.1, 0.15) is 26.2 Å². The second-order valence-corrected chi connectivity index (χ2v) is 4.62. The molecule has 1 atom stereocenters. The third-order valence-corrected chi connectivity index (χ3v) is 3.20. The van der Waals surface area contributed by atoms with Gasteiger partial charge in [0.15, 0.2) is 0 Å². The van der Waals surface area contributed by atoms with E-state index in [0.29, 0.717) is 6.04 Å². The first-order chi connectivity index (χ1) is 7.76. The van der Waals surface area contributed by atoms with E-state index in [9.17, 15) is 0 Å². The van der Waals surface area contributed by atoms with Crippen molar-refractivity contribution in [2.24, 2.45) is 0 Å². The van der Waals surface area contributed by atoms with Crippen molar-refractivity contribution in [3.05, 3.63) is 12.2 Å². The Balaban J connectivity index is 2.32. The number of hydrogen-bond donors (Lipinski definition) is 1. The lowest BCUT2D eigenvalue weighted by atomic mass is 10.2. The van der Waals surface area contributed by atoms with Crippen LogP contribution >= 0.6 is 0 Å². The number of nitrogens with zero attached hydrogens (tertiary/aromatic N) is 1. The SMILES string of the molecule is C=C(CC)CN(CCOC)CC1CCCN1. The summed E-state index contributed by atoms with van der Waals surface area (Å²) < 4.78 is 5.16. The Labute approximate surface area is 99.8 Å². The average molecular weight is 226 g/mol. The maximum atomic E-state index is 5.16. The molecule has 0 radical (unpaired) electrons. The van der Waals surface area contributed by atoms with Crippen LogP contribution in [-0.2, 0) is 4.74 Å². The van der Waals surface area contributed by atoms with Gasteiger partial charge in [0.25, 0.3) is 0 Å². The lowest BCUT2D eigenvalue weighted by Crippen LogP contribution is -2.40. The minimum absolute atomic E-state index is 0.668. The largest absolute Gasteiger partial charge is 0.383 e. The zero-order valence-electron chi connectivity index (χ0n) is 10.8. The van der Waals surface area contributed by atoms with Crippen LogP contribution in [0.2, 0.25) is 0 Å². The maximum Gasteiger partial charge on any atom is 0.0589 e. The van der Waals surface area contributed by atoms with E-state index in [-0.39, 0.29) is 0 Å². The summed E-state index contributed by atoms with van der Waals surface area (Å²) in [6, 6.07) is 0.668. The van der Waals surface area contributed by atoms with Gasteiger partial charge in [-0.2, -0.15) is 0 Å². The minimum atomic E-state index is 0.668. The van der Waals surface area contributed by atoms with E-state index in [1.807, 2.05) is 0 Å². The monoisotopic (exact) mass is 226 g/mol. The number of hydrogen-bond acceptors (Lipinski definition) is 3. The summed E-state index contributed by atoms with van der Waals surface area (Å²) >= 11 is 0. The summed E-state index contributed by atoms with van der Waals surface area (Å²) in [6.07, 6.45) is 3.70. The van der Waals surface area contributed by atoms with Gasteiger partial charge in [-0.15, -0.1) is 0 Å². The molecule has 0 aromatic carbocycles. The number of rotatable bonds is 8. The van der Waals surface area contributed by atoms with E-state index in [1.54, 1.807) is 7.11 Å². The molecule has 0 bridgehead atoms. The van der Waals surface area contributed by atoms with Crippen molar-refractivity contribution in [1.29, 1.82) is 0 Å².